The van der Waals surface area contributed by atoms with Crippen LogP contribution in [0.2, 0.25) is 0 Å². The molecule has 0 aliphatic rings. The summed E-state index contributed by atoms with van der Waals surface area (Å²) in [7, 11) is 0. The summed E-state index contributed by atoms with van der Waals surface area (Å²) in [5, 5.41) is 19.3. The highest BCUT2D eigenvalue weighted by Crippen LogP contribution is 2.29. The zero-order valence-corrected chi connectivity index (χ0v) is 19.0. The van der Waals surface area contributed by atoms with Crippen molar-refractivity contribution in [3.05, 3.63) is 59.9 Å². The van der Waals surface area contributed by atoms with Gasteiger partial charge in [-0.3, -0.25) is 4.98 Å². The molecule has 8 heteroatoms. The van der Waals surface area contributed by atoms with Crippen LogP contribution < -0.4 is 0 Å². The summed E-state index contributed by atoms with van der Waals surface area (Å²) in [4.78, 5) is 9.59. The molecule has 0 amide bonds. The molecule has 0 saturated carbocycles. The van der Waals surface area contributed by atoms with Crippen molar-refractivity contribution in [1.29, 1.82) is 0 Å². The Morgan fingerprint density at radius 3 is 2.56 bits per heavy atom. The van der Waals surface area contributed by atoms with Crippen molar-refractivity contribution in [2.75, 3.05) is 0 Å². The van der Waals surface area contributed by atoms with E-state index in [4.69, 9.17) is 15.1 Å². The fourth-order valence-electron chi connectivity index (χ4n) is 3.67. The number of hydrogen-bond donors (Lipinski definition) is 1. The van der Waals surface area contributed by atoms with Gasteiger partial charge in [-0.1, -0.05) is 63.9 Å². The van der Waals surface area contributed by atoms with E-state index in [9.17, 15) is 0 Å². The summed E-state index contributed by atoms with van der Waals surface area (Å²) in [5.74, 6) is 2.92. The Labute approximate surface area is 188 Å². The molecule has 8 nitrogen and oxygen atoms in total. The molecule has 3 heterocycles. The largest absolute Gasteiger partial charge is 0.259 e. The molecule has 1 atom stereocenters. The van der Waals surface area contributed by atoms with Crippen LogP contribution in [0, 0.1) is 0 Å². The Balaban J connectivity index is 1.57. The number of hydrogen-bond acceptors (Lipinski definition) is 6. The Morgan fingerprint density at radius 1 is 1.03 bits per heavy atom. The number of aryl methyl sites for hydroxylation is 1. The van der Waals surface area contributed by atoms with Gasteiger partial charge in [-0.2, -0.15) is 10.3 Å². The second-order valence-corrected chi connectivity index (χ2v) is 8.13. The Bertz CT molecular complexity index is 1120. The van der Waals surface area contributed by atoms with Crippen molar-refractivity contribution < 1.29 is 0 Å². The van der Waals surface area contributed by atoms with Crippen molar-refractivity contribution in [2.24, 2.45) is 0 Å². The Morgan fingerprint density at radius 2 is 1.88 bits per heavy atom. The highest BCUT2D eigenvalue weighted by molar-refractivity contribution is 5.79. The first-order valence-corrected chi connectivity index (χ1v) is 11.4. The molecule has 0 aliphatic heterocycles. The molecule has 4 rings (SSSR count). The van der Waals surface area contributed by atoms with Gasteiger partial charge in [0.2, 0.25) is 5.82 Å². The maximum Gasteiger partial charge on any atom is 0.205 e. The van der Waals surface area contributed by atoms with Crippen LogP contribution in [0.5, 0.6) is 0 Å². The standard InChI is InChI=1S/C24H30N8/c1-4-6-7-12-22-26-23(17(3)5-2)29-32(22)16-19-14-13-18(15-25-19)20-10-8-9-11-21(20)24-27-30-31-28-24/h8-11,13-15,17H,4-7,12,16H2,1-3H3,(H,27,28,30,31). The minimum absolute atomic E-state index is 0.359. The topological polar surface area (TPSA) is 98.1 Å². The summed E-state index contributed by atoms with van der Waals surface area (Å²) < 4.78 is 2.03. The van der Waals surface area contributed by atoms with Crippen molar-refractivity contribution in [1.82, 2.24) is 40.4 Å². The second kappa shape index (κ2) is 10.3. The zero-order chi connectivity index (χ0) is 22.3. The van der Waals surface area contributed by atoms with E-state index in [1.165, 1.54) is 12.8 Å². The van der Waals surface area contributed by atoms with Crippen LogP contribution in [-0.2, 0) is 13.0 Å². The van der Waals surface area contributed by atoms with Gasteiger partial charge in [-0.15, -0.1) is 10.2 Å². The Hall–Kier alpha value is -3.42. The van der Waals surface area contributed by atoms with Crippen LogP contribution in [0.1, 0.15) is 69.7 Å². The highest BCUT2D eigenvalue weighted by atomic mass is 15.5. The molecular formula is C24H30N8. The summed E-state index contributed by atoms with van der Waals surface area (Å²) in [6, 6.07) is 12.2. The lowest BCUT2D eigenvalue weighted by Gasteiger charge is -2.09. The van der Waals surface area contributed by atoms with Crippen LogP contribution in [-0.4, -0.2) is 40.4 Å². The molecule has 1 N–H and O–H groups in total. The molecule has 0 radical (unpaired) electrons. The fourth-order valence-corrected chi connectivity index (χ4v) is 3.67. The lowest BCUT2D eigenvalue weighted by molar-refractivity contribution is 0.589. The minimum atomic E-state index is 0.359. The fraction of sp³-hybridized carbons (Fsp3) is 0.417. The molecule has 0 saturated heterocycles. The van der Waals surface area contributed by atoms with Gasteiger partial charge in [0, 0.05) is 29.7 Å². The first-order chi connectivity index (χ1) is 15.7. The van der Waals surface area contributed by atoms with E-state index in [-0.39, 0.29) is 0 Å². The lowest BCUT2D eigenvalue weighted by Crippen LogP contribution is -2.09. The molecular weight excluding hydrogens is 400 g/mol. The van der Waals surface area contributed by atoms with Crippen molar-refractivity contribution in [3.63, 3.8) is 0 Å². The number of nitrogens with one attached hydrogen (secondary N) is 1. The SMILES string of the molecule is CCCCCc1nc(C(C)CC)nn1Cc1ccc(-c2ccccc2-c2nn[nH]n2)cn1. The molecule has 1 aromatic carbocycles. The predicted octanol–water partition coefficient (Wildman–Crippen LogP) is 4.81. The third-order valence-corrected chi connectivity index (χ3v) is 5.78. The van der Waals surface area contributed by atoms with Crippen LogP contribution in [0.15, 0.2) is 42.6 Å². The van der Waals surface area contributed by atoms with Crippen molar-refractivity contribution >= 4 is 0 Å². The van der Waals surface area contributed by atoms with E-state index in [1.807, 2.05) is 35.1 Å². The van der Waals surface area contributed by atoms with E-state index in [2.05, 4.69) is 53.5 Å². The second-order valence-electron chi connectivity index (χ2n) is 8.13. The van der Waals surface area contributed by atoms with Gasteiger partial charge in [0.05, 0.1) is 12.2 Å². The number of H-pyrrole nitrogens is 1. The monoisotopic (exact) mass is 430 g/mol. The van der Waals surface area contributed by atoms with Gasteiger partial charge in [0.15, 0.2) is 5.82 Å². The average molecular weight is 431 g/mol. The Kier molecular flexibility index (Phi) is 6.99. The minimum Gasteiger partial charge on any atom is -0.259 e. The van der Waals surface area contributed by atoms with Crippen LogP contribution in [0.25, 0.3) is 22.5 Å². The number of rotatable bonds is 10. The predicted molar refractivity (Wildman–Crippen MR) is 124 cm³/mol. The van der Waals surface area contributed by atoms with E-state index in [1.54, 1.807) is 0 Å². The molecule has 166 valence electrons. The summed E-state index contributed by atoms with van der Waals surface area (Å²) in [6.45, 7) is 7.20. The average Bonchev–Trinajstić information content (AvgIpc) is 3.50. The van der Waals surface area contributed by atoms with Gasteiger partial charge in [-0.25, -0.2) is 9.67 Å². The molecule has 1 unspecified atom stereocenters. The first-order valence-electron chi connectivity index (χ1n) is 11.4. The summed E-state index contributed by atoms with van der Waals surface area (Å²) in [6.07, 6.45) is 7.42. The number of aromatic amines is 1. The number of nitrogens with zero attached hydrogens (tertiary/aromatic N) is 7. The molecule has 0 fully saturated rings. The van der Waals surface area contributed by atoms with Crippen molar-refractivity contribution in [2.45, 2.75) is 65.3 Å². The summed E-state index contributed by atoms with van der Waals surface area (Å²) in [5.41, 5.74) is 3.91. The normalized spacial score (nSPS) is 12.2. The summed E-state index contributed by atoms with van der Waals surface area (Å²) >= 11 is 0. The van der Waals surface area contributed by atoms with E-state index >= 15 is 0 Å². The molecule has 0 spiro atoms. The number of aromatic nitrogens is 8. The van der Waals surface area contributed by atoms with Gasteiger partial charge >= 0.3 is 0 Å². The number of unbranched alkanes of at least 4 members (excludes halogenated alkanes) is 2. The molecule has 32 heavy (non-hydrogen) atoms. The van der Waals surface area contributed by atoms with Crippen LogP contribution >= 0.6 is 0 Å². The molecule has 3 aromatic heterocycles. The van der Waals surface area contributed by atoms with E-state index in [0.717, 1.165) is 53.3 Å². The molecule has 0 aliphatic carbocycles. The quantitative estimate of drug-likeness (QED) is 0.362. The maximum absolute atomic E-state index is 4.86. The third-order valence-electron chi connectivity index (χ3n) is 5.78. The van der Waals surface area contributed by atoms with Crippen LogP contribution in [0.4, 0.5) is 0 Å². The number of benzene rings is 1. The number of pyridine rings is 1. The maximum atomic E-state index is 4.86. The smallest absolute Gasteiger partial charge is 0.205 e. The zero-order valence-electron chi connectivity index (χ0n) is 19.0. The first kappa shape index (κ1) is 21.8. The van der Waals surface area contributed by atoms with Crippen LogP contribution in [0.3, 0.4) is 0 Å². The number of tetrazole rings is 1. The van der Waals surface area contributed by atoms with Gasteiger partial charge in [0.25, 0.3) is 0 Å². The van der Waals surface area contributed by atoms with E-state index < -0.39 is 0 Å². The molecule has 0 bridgehead atoms. The van der Waals surface area contributed by atoms with Gasteiger partial charge < -0.3 is 0 Å². The van der Waals surface area contributed by atoms with Gasteiger partial charge in [-0.05, 0) is 29.7 Å². The highest BCUT2D eigenvalue weighted by Gasteiger charge is 2.15. The lowest BCUT2D eigenvalue weighted by atomic mass is 10.0. The molecule has 4 aromatic rings. The van der Waals surface area contributed by atoms with Crippen molar-refractivity contribution in [3.8, 4) is 22.5 Å². The van der Waals surface area contributed by atoms with Gasteiger partial charge in [0.1, 0.15) is 5.82 Å². The van der Waals surface area contributed by atoms with E-state index in [0.29, 0.717) is 18.3 Å². The third kappa shape index (κ3) is 4.90.